The van der Waals surface area contributed by atoms with Crippen LogP contribution in [0.3, 0.4) is 0 Å². The van der Waals surface area contributed by atoms with Crippen LogP contribution in [-0.2, 0) is 22.3 Å². The zero-order valence-electron chi connectivity index (χ0n) is 21.9. The first kappa shape index (κ1) is 28.2. The SMILES string of the molecule is COc1ccc(-c2ccc(C(F)(F)F)cc2)cc1CNC1CCN(C(=O)CNC(C)=O)CC1c1ccccc1. The van der Waals surface area contributed by atoms with E-state index in [4.69, 9.17) is 4.74 Å². The maximum atomic E-state index is 13.0. The monoisotopic (exact) mass is 539 g/mol. The molecule has 2 amide bonds. The summed E-state index contributed by atoms with van der Waals surface area (Å²) in [7, 11) is 1.59. The minimum Gasteiger partial charge on any atom is -0.496 e. The number of carbonyl (C=O) groups is 2. The zero-order chi connectivity index (χ0) is 28.0. The van der Waals surface area contributed by atoms with Gasteiger partial charge in [0.2, 0.25) is 11.8 Å². The van der Waals surface area contributed by atoms with Crippen LogP contribution in [0.15, 0.2) is 72.8 Å². The first-order chi connectivity index (χ1) is 18.7. The van der Waals surface area contributed by atoms with E-state index in [0.717, 1.165) is 28.8 Å². The molecule has 2 unspecified atom stereocenters. The summed E-state index contributed by atoms with van der Waals surface area (Å²) in [6.07, 6.45) is -3.67. The van der Waals surface area contributed by atoms with Gasteiger partial charge >= 0.3 is 6.18 Å². The largest absolute Gasteiger partial charge is 0.496 e. The summed E-state index contributed by atoms with van der Waals surface area (Å²) in [6.45, 7) is 2.91. The highest BCUT2D eigenvalue weighted by molar-refractivity contribution is 5.83. The highest BCUT2D eigenvalue weighted by Crippen LogP contribution is 2.33. The van der Waals surface area contributed by atoms with E-state index in [9.17, 15) is 22.8 Å². The van der Waals surface area contributed by atoms with Gasteiger partial charge in [-0.2, -0.15) is 13.2 Å². The molecular formula is C30H32F3N3O3. The highest BCUT2D eigenvalue weighted by atomic mass is 19.4. The van der Waals surface area contributed by atoms with E-state index in [1.807, 2.05) is 48.5 Å². The van der Waals surface area contributed by atoms with Crippen molar-refractivity contribution in [2.75, 3.05) is 26.7 Å². The Morgan fingerprint density at radius 1 is 1.00 bits per heavy atom. The van der Waals surface area contributed by atoms with E-state index in [-0.39, 0.29) is 30.3 Å². The lowest BCUT2D eigenvalue weighted by molar-refractivity contribution is -0.137. The number of hydrogen-bond donors (Lipinski definition) is 2. The van der Waals surface area contributed by atoms with E-state index in [0.29, 0.717) is 37.4 Å². The molecule has 1 heterocycles. The molecule has 0 aliphatic carbocycles. The topological polar surface area (TPSA) is 70.7 Å². The predicted octanol–water partition coefficient (Wildman–Crippen LogP) is 4.99. The van der Waals surface area contributed by atoms with Crippen molar-refractivity contribution in [3.8, 4) is 16.9 Å². The number of nitrogens with one attached hydrogen (secondary N) is 2. The molecule has 4 rings (SSSR count). The van der Waals surface area contributed by atoms with Crippen LogP contribution in [0, 0.1) is 0 Å². The first-order valence-electron chi connectivity index (χ1n) is 12.8. The smallest absolute Gasteiger partial charge is 0.416 e. The van der Waals surface area contributed by atoms with Crippen LogP contribution in [0.1, 0.15) is 36.0 Å². The molecule has 1 saturated heterocycles. The van der Waals surface area contributed by atoms with E-state index in [1.165, 1.54) is 19.1 Å². The Bertz CT molecular complexity index is 1280. The standard InChI is InChI=1S/C30H32F3N3O3/c1-20(37)34-18-29(38)36-15-14-27(26(19-36)22-6-4-3-5-7-22)35-17-24-16-23(10-13-28(24)39-2)21-8-11-25(12-9-21)30(31,32)33/h3-13,16,26-27,35H,14-15,17-19H2,1-2H3,(H,34,37). The number of halogens is 3. The molecule has 9 heteroatoms. The number of likely N-dealkylation sites (tertiary alicyclic amines) is 1. The molecule has 1 aliphatic rings. The number of ether oxygens (including phenoxy) is 1. The number of nitrogens with zero attached hydrogens (tertiary/aromatic N) is 1. The Labute approximate surface area is 226 Å². The van der Waals surface area contributed by atoms with Gasteiger partial charge in [-0.3, -0.25) is 9.59 Å². The molecule has 0 radical (unpaired) electrons. The quantitative estimate of drug-likeness (QED) is 0.423. The average Bonchev–Trinajstić information content (AvgIpc) is 2.94. The second-order valence-electron chi connectivity index (χ2n) is 9.64. The lowest BCUT2D eigenvalue weighted by Gasteiger charge is -2.39. The highest BCUT2D eigenvalue weighted by Gasteiger charge is 2.32. The number of benzene rings is 3. The van der Waals surface area contributed by atoms with Crippen LogP contribution in [-0.4, -0.2) is 49.5 Å². The van der Waals surface area contributed by atoms with Gasteiger partial charge in [0.25, 0.3) is 0 Å². The Kier molecular flexibility index (Phi) is 8.91. The third kappa shape index (κ3) is 7.17. The molecule has 2 atom stereocenters. The van der Waals surface area contributed by atoms with Crippen LogP contribution < -0.4 is 15.4 Å². The fourth-order valence-corrected chi connectivity index (χ4v) is 4.96. The van der Waals surface area contributed by atoms with Crippen molar-refractivity contribution >= 4 is 11.8 Å². The maximum Gasteiger partial charge on any atom is 0.416 e. The summed E-state index contributed by atoms with van der Waals surface area (Å²) in [5.74, 6) is 0.352. The van der Waals surface area contributed by atoms with Crippen LogP contribution in [0.4, 0.5) is 13.2 Å². The van der Waals surface area contributed by atoms with Crippen molar-refractivity contribution in [2.45, 2.75) is 38.0 Å². The van der Waals surface area contributed by atoms with E-state index >= 15 is 0 Å². The average molecular weight is 540 g/mol. The third-order valence-corrected chi connectivity index (χ3v) is 7.06. The predicted molar refractivity (Wildman–Crippen MR) is 143 cm³/mol. The molecule has 2 N–H and O–H groups in total. The number of carbonyl (C=O) groups excluding carboxylic acids is 2. The molecule has 206 valence electrons. The summed E-state index contributed by atoms with van der Waals surface area (Å²) in [5.41, 5.74) is 2.78. The van der Waals surface area contributed by atoms with Gasteiger partial charge in [-0.25, -0.2) is 0 Å². The van der Waals surface area contributed by atoms with Crippen molar-refractivity contribution in [3.05, 3.63) is 89.5 Å². The van der Waals surface area contributed by atoms with Gasteiger partial charge in [0.1, 0.15) is 5.75 Å². The zero-order valence-corrected chi connectivity index (χ0v) is 21.9. The molecule has 0 aromatic heterocycles. The number of alkyl halides is 3. The number of piperidine rings is 1. The molecule has 0 saturated carbocycles. The summed E-state index contributed by atoms with van der Waals surface area (Å²) in [4.78, 5) is 25.8. The summed E-state index contributed by atoms with van der Waals surface area (Å²) >= 11 is 0. The molecule has 0 bridgehead atoms. The molecule has 1 fully saturated rings. The Balaban J connectivity index is 1.51. The van der Waals surface area contributed by atoms with Gasteiger partial charge < -0.3 is 20.3 Å². The van der Waals surface area contributed by atoms with Gasteiger partial charge in [0, 0.05) is 44.1 Å². The van der Waals surface area contributed by atoms with Gasteiger partial charge in [0.05, 0.1) is 19.2 Å². The normalized spacial score (nSPS) is 17.5. The van der Waals surface area contributed by atoms with Gasteiger partial charge in [0.15, 0.2) is 0 Å². The van der Waals surface area contributed by atoms with Crippen molar-refractivity contribution in [3.63, 3.8) is 0 Å². The molecule has 3 aromatic carbocycles. The lowest BCUT2D eigenvalue weighted by Crippen LogP contribution is -2.51. The minimum atomic E-state index is -4.38. The van der Waals surface area contributed by atoms with Gasteiger partial charge in [-0.15, -0.1) is 0 Å². The number of methoxy groups -OCH3 is 1. The molecule has 3 aromatic rings. The molecule has 1 aliphatic heterocycles. The fraction of sp³-hybridized carbons (Fsp3) is 0.333. The van der Waals surface area contributed by atoms with Crippen LogP contribution in [0.2, 0.25) is 0 Å². The summed E-state index contributed by atoms with van der Waals surface area (Å²) in [5, 5.41) is 6.22. The van der Waals surface area contributed by atoms with Crippen molar-refractivity contribution in [2.24, 2.45) is 0 Å². The Morgan fingerprint density at radius 3 is 2.33 bits per heavy atom. The van der Waals surface area contributed by atoms with Crippen molar-refractivity contribution in [1.82, 2.24) is 15.5 Å². The summed E-state index contributed by atoms with van der Waals surface area (Å²) in [6, 6.07) is 20.8. The Morgan fingerprint density at radius 2 is 1.69 bits per heavy atom. The molecule has 0 spiro atoms. The fourth-order valence-electron chi connectivity index (χ4n) is 4.96. The minimum absolute atomic E-state index is 0.0249. The number of rotatable bonds is 8. The van der Waals surface area contributed by atoms with Crippen LogP contribution in [0.25, 0.3) is 11.1 Å². The van der Waals surface area contributed by atoms with E-state index in [1.54, 1.807) is 12.0 Å². The molecule has 39 heavy (non-hydrogen) atoms. The van der Waals surface area contributed by atoms with Crippen molar-refractivity contribution in [1.29, 1.82) is 0 Å². The van der Waals surface area contributed by atoms with Crippen LogP contribution >= 0.6 is 0 Å². The van der Waals surface area contributed by atoms with Crippen molar-refractivity contribution < 1.29 is 27.5 Å². The summed E-state index contributed by atoms with van der Waals surface area (Å²) < 4.78 is 44.5. The Hall–Kier alpha value is -3.85. The van der Waals surface area contributed by atoms with Crippen LogP contribution in [0.5, 0.6) is 5.75 Å². The number of amides is 2. The third-order valence-electron chi connectivity index (χ3n) is 7.06. The number of hydrogen-bond acceptors (Lipinski definition) is 4. The van der Waals surface area contributed by atoms with Gasteiger partial charge in [-0.1, -0.05) is 48.5 Å². The van der Waals surface area contributed by atoms with Gasteiger partial charge in [-0.05, 0) is 47.4 Å². The lowest BCUT2D eigenvalue weighted by atomic mass is 9.85. The second-order valence-corrected chi connectivity index (χ2v) is 9.64. The molecule has 6 nitrogen and oxygen atoms in total. The van der Waals surface area contributed by atoms with E-state index < -0.39 is 11.7 Å². The first-order valence-corrected chi connectivity index (χ1v) is 12.8. The van der Waals surface area contributed by atoms with E-state index in [2.05, 4.69) is 10.6 Å². The molecular weight excluding hydrogens is 507 g/mol. The maximum absolute atomic E-state index is 13.0. The second kappa shape index (κ2) is 12.3.